The van der Waals surface area contributed by atoms with E-state index in [2.05, 4.69) is 17.2 Å². The molecule has 6 bridgehead atoms. The maximum absolute atomic E-state index is 12.0. The molecule has 0 unspecified atom stereocenters. The third-order valence-corrected chi connectivity index (χ3v) is 13.2. The summed E-state index contributed by atoms with van der Waals surface area (Å²) < 4.78 is 40.4. The Morgan fingerprint density at radius 3 is 1.86 bits per heavy atom. The van der Waals surface area contributed by atoms with Crippen molar-refractivity contribution < 1.29 is 107 Å². The summed E-state index contributed by atoms with van der Waals surface area (Å²) in [7, 11) is -4.72. The number of hydrogen-bond acceptors (Lipinski definition) is 9. The van der Waals surface area contributed by atoms with Crippen LogP contribution in [0.1, 0.15) is 22.3 Å². The van der Waals surface area contributed by atoms with E-state index in [1.165, 1.54) is 12.1 Å². The van der Waals surface area contributed by atoms with Crippen LogP contribution in [0.25, 0.3) is 21.5 Å². The molecule has 49 heavy (non-hydrogen) atoms. The van der Waals surface area contributed by atoms with Crippen molar-refractivity contribution in [1.82, 2.24) is 5.11 Å². The fraction of sp³-hybridized carbons (Fsp3) is 0. The molecular formula is C32H15InN8Na3O4S. The summed E-state index contributed by atoms with van der Waals surface area (Å²) in [6.45, 7) is 0. The molecule has 4 aliphatic rings. The SMILES string of the molecule is O.O=S(=O)([O-])c1ccc2c(c1)C1=NC2=Nc2c3c[c-]ccc3c3[n]2[In][n]2c(c4ccccc4c2=NC2=NC(=N3)c3c[c-]ccc32)=N1.[Na+].[Na+].[Na+]. The molecule has 1 radical (unpaired) electrons. The fourth-order valence-electron chi connectivity index (χ4n) is 6.25. The third kappa shape index (κ3) is 5.60. The number of aliphatic imine (C=N–C) groups is 4. The van der Waals surface area contributed by atoms with Crippen molar-refractivity contribution in [2.45, 2.75) is 4.90 Å². The topological polar surface area (TPSA) is 173 Å². The summed E-state index contributed by atoms with van der Waals surface area (Å²) in [6.07, 6.45) is 0. The Labute approximate surface area is 356 Å². The van der Waals surface area contributed by atoms with Crippen molar-refractivity contribution in [3.8, 4) is 0 Å². The van der Waals surface area contributed by atoms with E-state index >= 15 is 0 Å². The van der Waals surface area contributed by atoms with Gasteiger partial charge in [0.25, 0.3) is 0 Å². The minimum atomic E-state index is -4.72. The number of rotatable bonds is 1. The van der Waals surface area contributed by atoms with Gasteiger partial charge in [-0.3, -0.25) is 0 Å². The number of benzene rings is 4. The molecule has 0 atom stereocenters. The van der Waals surface area contributed by atoms with Gasteiger partial charge in [-0.05, 0) is 0 Å². The molecule has 12 nitrogen and oxygen atoms in total. The number of hydrogen-bond donors (Lipinski definition) is 0. The average Bonchev–Trinajstić information content (AvgIpc) is 3.74. The van der Waals surface area contributed by atoms with Gasteiger partial charge in [-0.1, -0.05) is 0 Å². The van der Waals surface area contributed by atoms with E-state index < -0.39 is 33.6 Å². The molecule has 0 saturated heterocycles. The summed E-state index contributed by atoms with van der Waals surface area (Å²) in [5, 5.41) is 3.48. The number of amidine groups is 4. The molecule has 0 fully saturated rings. The van der Waals surface area contributed by atoms with Crippen LogP contribution < -0.4 is 99.6 Å². The molecule has 6 aromatic rings. The first-order valence-corrected chi connectivity index (χ1v) is 18.2. The van der Waals surface area contributed by atoms with E-state index in [0.29, 0.717) is 45.4 Å². The Hall–Kier alpha value is -2.02. The summed E-state index contributed by atoms with van der Waals surface area (Å²) in [5.74, 6) is 3.13. The van der Waals surface area contributed by atoms with E-state index in [4.69, 9.17) is 30.0 Å². The first-order chi connectivity index (χ1) is 21.9. The summed E-state index contributed by atoms with van der Waals surface area (Å²) in [5.41, 5.74) is 4.06. The van der Waals surface area contributed by atoms with Gasteiger partial charge in [0.1, 0.15) is 0 Å². The first-order valence-electron chi connectivity index (χ1n) is 13.8. The van der Waals surface area contributed by atoms with Gasteiger partial charge < -0.3 is 5.48 Å². The van der Waals surface area contributed by atoms with Gasteiger partial charge in [0.05, 0.1) is 0 Å². The third-order valence-electron chi connectivity index (χ3n) is 8.28. The molecule has 0 amide bonds. The molecule has 6 heterocycles. The van der Waals surface area contributed by atoms with Gasteiger partial charge in [0.2, 0.25) is 0 Å². The van der Waals surface area contributed by atoms with Gasteiger partial charge in [0.15, 0.2) is 0 Å². The van der Waals surface area contributed by atoms with Crippen LogP contribution in [0, 0.1) is 12.1 Å². The van der Waals surface area contributed by atoms with E-state index in [1.807, 2.05) is 60.7 Å². The predicted molar refractivity (Wildman–Crippen MR) is 170 cm³/mol. The molecule has 0 saturated carbocycles. The molecule has 219 valence electrons. The van der Waals surface area contributed by atoms with E-state index in [-0.39, 0.29) is 105 Å². The zero-order valence-electron chi connectivity index (χ0n) is 26.3. The van der Waals surface area contributed by atoms with Crippen LogP contribution >= 0.6 is 0 Å². The molecular weight excluding hydrogens is 776 g/mol. The first kappa shape index (κ1) is 36.8. The molecule has 2 aromatic heterocycles. The Morgan fingerprint density at radius 1 is 0.592 bits per heavy atom. The zero-order chi connectivity index (χ0) is 30.0. The van der Waals surface area contributed by atoms with Crippen molar-refractivity contribution in [2.75, 3.05) is 0 Å². The van der Waals surface area contributed by atoms with Crippen LogP contribution in [0.15, 0.2) is 114 Å². The minimum absolute atomic E-state index is 0. The van der Waals surface area contributed by atoms with Crippen LogP contribution in [0.5, 0.6) is 0 Å². The van der Waals surface area contributed by atoms with Crippen LogP contribution in [-0.4, -0.2) is 70.4 Å². The van der Waals surface area contributed by atoms with Gasteiger partial charge in [-0.2, -0.15) is 0 Å². The maximum atomic E-state index is 12.0. The standard InChI is InChI=1S/C32H14N8O3S.In.3Na.H2O/c41-44(42,43)16-13-14-23-24(15-16)32-39-30-22-12-6-5-11-21(22)28(37-30)35-26-18-8-2-1-7-17(18)25(33-26)34-27-19-9-3-4-10-20(19)29(36-27)38-31(23)40-32;;;;;/h2-3,5-15H,(H-2,33,34,35,36,37,38,39,40,41,42,43);;;;;1H2/q-4;+2;3*+1;/p-1. The van der Waals surface area contributed by atoms with Crippen molar-refractivity contribution in [3.05, 3.63) is 124 Å². The molecule has 17 heteroatoms. The van der Waals surface area contributed by atoms with E-state index in [9.17, 15) is 13.0 Å². The smallest absolute Gasteiger partial charge is 1.00 e. The average molecular weight is 791 g/mol. The maximum Gasteiger partial charge on any atom is 1.00 e. The predicted octanol–water partition coefficient (Wildman–Crippen LogP) is -6.84. The molecule has 4 aromatic carbocycles. The van der Waals surface area contributed by atoms with Crippen molar-refractivity contribution >= 4 is 90.1 Å². The fourth-order valence-corrected chi connectivity index (χ4v) is 10.9. The van der Waals surface area contributed by atoms with E-state index in [1.54, 1.807) is 6.07 Å². The van der Waals surface area contributed by atoms with Crippen LogP contribution in [0.2, 0.25) is 0 Å². The van der Waals surface area contributed by atoms with Gasteiger partial charge >= 0.3 is 356 Å². The van der Waals surface area contributed by atoms with E-state index in [0.717, 1.165) is 38.5 Å². The van der Waals surface area contributed by atoms with Gasteiger partial charge in [-0.25, -0.2) is 0 Å². The van der Waals surface area contributed by atoms with Gasteiger partial charge in [0, 0.05) is 0 Å². The van der Waals surface area contributed by atoms with Gasteiger partial charge in [-0.15, -0.1) is 0 Å². The van der Waals surface area contributed by atoms with Crippen molar-refractivity contribution in [1.29, 1.82) is 0 Å². The molecule has 2 N–H and O–H groups in total. The number of aromatic nitrogens is 2. The van der Waals surface area contributed by atoms with Crippen molar-refractivity contribution in [2.24, 2.45) is 30.0 Å². The zero-order valence-corrected chi connectivity index (χ0v) is 36.4. The minimum Gasteiger partial charge on any atom is 1.00 e. The molecule has 0 aliphatic carbocycles. The monoisotopic (exact) mass is 791 g/mol. The molecule has 4 aliphatic heterocycles. The van der Waals surface area contributed by atoms with Crippen LogP contribution in [0.3, 0.4) is 0 Å². The summed E-state index contributed by atoms with van der Waals surface area (Å²) >= 11 is -2.20. The molecule has 0 spiro atoms. The normalized spacial score (nSPS) is 14.3. The van der Waals surface area contributed by atoms with Crippen molar-refractivity contribution in [3.63, 3.8) is 0 Å². The summed E-state index contributed by atoms with van der Waals surface area (Å²) in [6, 6.07) is 29.9. The quantitative estimate of drug-likeness (QED) is 0.0918. The number of fused-ring (bicyclic) bond motifs is 14. The second-order valence-corrected chi connectivity index (χ2v) is 15.8. The van der Waals surface area contributed by atoms with Crippen LogP contribution in [-0.2, 0) is 10.1 Å². The Balaban J connectivity index is 0.00000104. The second kappa shape index (κ2) is 13.5. The second-order valence-electron chi connectivity index (χ2n) is 10.8. The Morgan fingerprint density at radius 2 is 1.16 bits per heavy atom. The number of nitrogens with zero attached hydrogens (tertiary/aromatic N) is 8. The summed E-state index contributed by atoms with van der Waals surface area (Å²) in [4.78, 5) is 29.9. The van der Waals surface area contributed by atoms with Crippen LogP contribution in [0.4, 0.5) is 11.6 Å². The molecule has 10 rings (SSSR count). The Kier molecular flexibility index (Phi) is 10.1. The largest absolute Gasteiger partial charge is 1.00 e. The Bertz CT molecular complexity index is 2790.